The Bertz CT molecular complexity index is 1110. The molecule has 0 unspecified atom stereocenters. The van der Waals surface area contributed by atoms with Crippen LogP contribution in [0.4, 0.5) is 0 Å². The summed E-state index contributed by atoms with van der Waals surface area (Å²) < 4.78 is 6.55. The number of amides is 1. The molecular formula is C26H28N2O2. The zero-order valence-electron chi connectivity index (χ0n) is 17.8. The van der Waals surface area contributed by atoms with Crippen LogP contribution in [-0.4, -0.2) is 34.5 Å². The fraction of sp³-hybridized carbons (Fsp3) is 0.385. The number of carbonyl (C=O) groups excluding carboxylic acids is 1. The van der Waals surface area contributed by atoms with E-state index in [9.17, 15) is 4.79 Å². The molecule has 4 heteroatoms. The van der Waals surface area contributed by atoms with Gasteiger partial charge in [0.15, 0.2) is 0 Å². The average Bonchev–Trinajstić information content (AvgIpc) is 2.79. The number of likely N-dealkylation sites (tertiary alicyclic amines) is 1. The minimum Gasteiger partial charge on any atom is -0.487 e. The van der Waals surface area contributed by atoms with Crippen LogP contribution >= 0.6 is 0 Å². The number of fused-ring (bicyclic) bond motifs is 2. The van der Waals surface area contributed by atoms with E-state index in [1.807, 2.05) is 18.0 Å². The molecule has 154 valence electrons. The number of benzene rings is 2. The van der Waals surface area contributed by atoms with Crippen LogP contribution in [0.2, 0.25) is 0 Å². The van der Waals surface area contributed by atoms with Crippen molar-refractivity contribution in [3.8, 4) is 16.9 Å². The average molecular weight is 401 g/mol. The number of nitrogens with zero attached hydrogens (tertiary/aromatic N) is 2. The summed E-state index contributed by atoms with van der Waals surface area (Å²) >= 11 is 0. The monoisotopic (exact) mass is 400 g/mol. The largest absolute Gasteiger partial charge is 0.487 e. The second-order valence-corrected chi connectivity index (χ2v) is 8.67. The number of ether oxygens (including phenoxy) is 1. The minimum absolute atomic E-state index is 0.105. The lowest BCUT2D eigenvalue weighted by molar-refractivity contribution is -0.134. The van der Waals surface area contributed by atoms with Crippen molar-refractivity contribution in [1.82, 2.24) is 9.88 Å². The van der Waals surface area contributed by atoms with Crippen LogP contribution < -0.4 is 4.74 Å². The fourth-order valence-electron chi connectivity index (χ4n) is 4.95. The molecule has 0 radical (unpaired) electrons. The van der Waals surface area contributed by atoms with Gasteiger partial charge in [0.2, 0.25) is 5.91 Å². The number of pyridine rings is 1. The van der Waals surface area contributed by atoms with Gasteiger partial charge in [-0.05, 0) is 66.1 Å². The normalized spacial score (nSPS) is 17.6. The molecule has 3 aromatic rings. The second-order valence-electron chi connectivity index (χ2n) is 8.67. The Balaban J connectivity index is 1.37. The van der Waals surface area contributed by atoms with Crippen molar-refractivity contribution in [2.75, 3.05) is 13.1 Å². The van der Waals surface area contributed by atoms with Gasteiger partial charge in [0.05, 0.1) is 0 Å². The van der Waals surface area contributed by atoms with Gasteiger partial charge in [0.25, 0.3) is 0 Å². The molecule has 0 bridgehead atoms. The predicted molar refractivity (Wildman–Crippen MR) is 120 cm³/mol. The SMILES string of the molecule is CCC(=O)N1CCC2(CCc3cc(-c4ccc5c(C)nccc5c4)ccc3O2)CC1. The zero-order chi connectivity index (χ0) is 20.7. The lowest BCUT2D eigenvalue weighted by Crippen LogP contribution is -2.51. The van der Waals surface area contributed by atoms with Crippen LogP contribution in [0.5, 0.6) is 5.75 Å². The van der Waals surface area contributed by atoms with Crippen LogP contribution in [0, 0.1) is 6.92 Å². The Kier molecular flexibility index (Phi) is 4.73. The topological polar surface area (TPSA) is 42.4 Å². The molecule has 1 aromatic heterocycles. The van der Waals surface area contributed by atoms with Gasteiger partial charge < -0.3 is 9.64 Å². The van der Waals surface area contributed by atoms with Crippen molar-refractivity contribution in [1.29, 1.82) is 0 Å². The summed E-state index contributed by atoms with van der Waals surface area (Å²) in [5, 5.41) is 2.43. The summed E-state index contributed by atoms with van der Waals surface area (Å²) in [6.07, 6.45) is 6.38. The first-order chi connectivity index (χ1) is 14.6. The standard InChI is InChI=1S/C26H28N2O2/c1-3-25(29)28-14-11-26(12-15-28)10-8-22-17-20(5-7-24(22)30-26)19-4-6-23-18(2)27-13-9-21(23)16-19/h4-7,9,13,16-17H,3,8,10-12,14-15H2,1-2H3. The third-order valence-electron chi connectivity index (χ3n) is 6.86. The molecule has 1 fully saturated rings. The summed E-state index contributed by atoms with van der Waals surface area (Å²) in [5.74, 6) is 1.27. The van der Waals surface area contributed by atoms with Gasteiger partial charge in [-0.25, -0.2) is 0 Å². The number of hydrogen-bond donors (Lipinski definition) is 0. The Hall–Kier alpha value is -2.88. The van der Waals surface area contributed by atoms with Gasteiger partial charge in [-0.2, -0.15) is 0 Å². The summed E-state index contributed by atoms with van der Waals surface area (Å²) in [7, 11) is 0. The molecule has 4 nitrogen and oxygen atoms in total. The first kappa shape index (κ1) is 19.1. The Morgan fingerprint density at radius 3 is 2.63 bits per heavy atom. The van der Waals surface area contributed by atoms with E-state index in [0.717, 1.165) is 50.2 Å². The van der Waals surface area contributed by atoms with Gasteiger partial charge >= 0.3 is 0 Å². The highest BCUT2D eigenvalue weighted by Crippen LogP contribution is 2.41. The molecule has 0 N–H and O–H groups in total. The molecule has 5 rings (SSSR count). The number of rotatable bonds is 2. The molecule has 2 aromatic carbocycles. The summed E-state index contributed by atoms with van der Waals surface area (Å²) in [6.45, 7) is 5.61. The maximum Gasteiger partial charge on any atom is 0.222 e. The predicted octanol–water partition coefficient (Wildman–Crippen LogP) is 5.31. The lowest BCUT2D eigenvalue weighted by Gasteiger charge is -2.44. The lowest BCUT2D eigenvalue weighted by atomic mass is 9.82. The molecule has 0 atom stereocenters. The van der Waals surface area contributed by atoms with Crippen molar-refractivity contribution < 1.29 is 9.53 Å². The van der Waals surface area contributed by atoms with E-state index < -0.39 is 0 Å². The summed E-state index contributed by atoms with van der Waals surface area (Å²) in [6, 6.07) is 15.3. The molecule has 0 saturated carbocycles. The van der Waals surface area contributed by atoms with Gasteiger partial charge in [0, 0.05) is 49.6 Å². The van der Waals surface area contributed by atoms with Crippen molar-refractivity contribution in [2.45, 2.75) is 51.6 Å². The van der Waals surface area contributed by atoms with Crippen LogP contribution in [0.25, 0.3) is 21.9 Å². The third-order valence-corrected chi connectivity index (χ3v) is 6.86. The van der Waals surface area contributed by atoms with E-state index in [-0.39, 0.29) is 11.5 Å². The van der Waals surface area contributed by atoms with Crippen LogP contribution in [0.3, 0.4) is 0 Å². The van der Waals surface area contributed by atoms with Gasteiger partial charge in [-0.1, -0.05) is 25.1 Å². The number of aromatic nitrogens is 1. The van der Waals surface area contributed by atoms with Crippen molar-refractivity contribution in [3.63, 3.8) is 0 Å². The van der Waals surface area contributed by atoms with E-state index in [1.165, 1.54) is 27.5 Å². The van der Waals surface area contributed by atoms with E-state index in [1.54, 1.807) is 0 Å². The van der Waals surface area contributed by atoms with Crippen molar-refractivity contribution >= 4 is 16.7 Å². The molecule has 2 aliphatic rings. The molecule has 30 heavy (non-hydrogen) atoms. The maximum atomic E-state index is 12.0. The highest BCUT2D eigenvalue weighted by Gasteiger charge is 2.40. The van der Waals surface area contributed by atoms with Gasteiger partial charge in [-0.3, -0.25) is 9.78 Å². The number of piperidine rings is 1. The van der Waals surface area contributed by atoms with Crippen LogP contribution in [-0.2, 0) is 11.2 Å². The molecular weight excluding hydrogens is 372 g/mol. The number of carbonyl (C=O) groups is 1. The zero-order valence-corrected chi connectivity index (χ0v) is 17.8. The van der Waals surface area contributed by atoms with Gasteiger partial charge in [0.1, 0.15) is 11.4 Å². The molecule has 1 spiro atoms. The minimum atomic E-state index is -0.105. The Labute approximate surface area is 177 Å². The smallest absolute Gasteiger partial charge is 0.222 e. The highest BCUT2D eigenvalue weighted by atomic mass is 16.5. The molecule has 3 heterocycles. The second kappa shape index (κ2) is 7.42. The van der Waals surface area contributed by atoms with E-state index in [0.29, 0.717) is 6.42 Å². The van der Waals surface area contributed by atoms with Crippen molar-refractivity contribution in [2.24, 2.45) is 0 Å². The Morgan fingerprint density at radius 2 is 1.83 bits per heavy atom. The Morgan fingerprint density at radius 1 is 1.07 bits per heavy atom. The number of aryl methyl sites for hydroxylation is 2. The van der Waals surface area contributed by atoms with E-state index >= 15 is 0 Å². The van der Waals surface area contributed by atoms with Crippen molar-refractivity contribution in [3.05, 3.63) is 59.9 Å². The molecule has 0 aliphatic carbocycles. The van der Waals surface area contributed by atoms with E-state index in [4.69, 9.17) is 4.74 Å². The third kappa shape index (κ3) is 3.34. The number of hydrogen-bond acceptors (Lipinski definition) is 3. The summed E-state index contributed by atoms with van der Waals surface area (Å²) in [5.41, 5.74) is 4.70. The molecule has 2 aliphatic heterocycles. The highest BCUT2D eigenvalue weighted by molar-refractivity contribution is 5.88. The fourth-order valence-corrected chi connectivity index (χ4v) is 4.95. The first-order valence-electron chi connectivity index (χ1n) is 11.0. The first-order valence-corrected chi connectivity index (χ1v) is 11.0. The van der Waals surface area contributed by atoms with Gasteiger partial charge in [-0.15, -0.1) is 0 Å². The van der Waals surface area contributed by atoms with Crippen LogP contribution in [0.15, 0.2) is 48.7 Å². The molecule has 1 saturated heterocycles. The molecule has 1 amide bonds. The summed E-state index contributed by atoms with van der Waals surface area (Å²) in [4.78, 5) is 18.4. The maximum absolute atomic E-state index is 12.0. The van der Waals surface area contributed by atoms with Crippen LogP contribution in [0.1, 0.15) is 43.9 Å². The van der Waals surface area contributed by atoms with E-state index in [2.05, 4.69) is 54.4 Å². The quantitative estimate of drug-likeness (QED) is 0.586.